The maximum absolute atomic E-state index is 12.0. The van der Waals surface area contributed by atoms with Crippen molar-refractivity contribution in [3.8, 4) is 17.2 Å². The third-order valence-electron chi connectivity index (χ3n) is 3.95. The van der Waals surface area contributed by atoms with Crippen LogP contribution in [0.5, 0.6) is 11.5 Å². The molecule has 0 aliphatic rings. The molecule has 3 aromatic rings. The SMILES string of the molecule is COc1ccc(SCC(=O)N/N=C/c2cccn2-c2ccc(OC)cc2)cc1. The number of benzene rings is 2. The van der Waals surface area contributed by atoms with Gasteiger partial charge < -0.3 is 14.0 Å². The van der Waals surface area contributed by atoms with Crippen molar-refractivity contribution >= 4 is 23.9 Å². The maximum Gasteiger partial charge on any atom is 0.250 e. The summed E-state index contributed by atoms with van der Waals surface area (Å²) in [6, 6.07) is 19.1. The standard InChI is InChI=1S/C21H21N3O3S/c1-26-18-7-5-16(6-8-18)24-13-3-4-17(24)14-22-23-21(25)15-28-20-11-9-19(27-2)10-12-20/h3-14H,15H2,1-2H3,(H,23,25)/b22-14+. The number of nitrogens with one attached hydrogen (secondary N) is 1. The molecule has 3 rings (SSSR count). The zero-order valence-corrected chi connectivity index (χ0v) is 16.5. The molecular formula is C21H21N3O3S. The van der Waals surface area contributed by atoms with Crippen molar-refractivity contribution in [2.45, 2.75) is 4.90 Å². The van der Waals surface area contributed by atoms with E-state index in [4.69, 9.17) is 9.47 Å². The number of hydrazone groups is 1. The molecule has 2 aromatic carbocycles. The van der Waals surface area contributed by atoms with Crippen molar-refractivity contribution in [3.05, 3.63) is 72.6 Å². The Labute approximate surface area is 168 Å². The highest BCUT2D eigenvalue weighted by atomic mass is 32.2. The first-order valence-electron chi connectivity index (χ1n) is 8.60. The van der Waals surface area contributed by atoms with Crippen LogP contribution in [0.1, 0.15) is 5.69 Å². The van der Waals surface area contributed by atoms with E-state index in [0.717, 1.165) is 27.8 Å². The minimum Gasteiger partial charge on any atom is -0.497 e. The van der Waals surface area contributed by atoms with Crippen molar-refractivity contribution in [3.63, 3.8) is 0 Å². The summed E-state index contributed by atoms with van der Waals surface area (Å²) in [4.78, 5) is 13.0. The highest BCUT2D eigenvalue weighted by molar-refractivity contribution is 8.00. The van der Waals surface area contributed by atoms with E-state index in [1.54, 1.807) is 20.4 Å². The van der Waals surface area contributed by atoms with Gasteiger partial charge in [0.2, 0.25) is 5.91 Å². The van der Waals surface area contributed by atoms with Crippen LogP contribution in [-0.2, 0) is 4.79 Å². The van der Waals surface area contributed by atoms with Crippen molar-refractivity contribution in [1.82, 2.24) is 9.99 Å². The smallest absolute Gasteiger partial charge is 0.250 e. The van der Waals surface area contributed by atoms with Crippen LogP contribution in [0.15, 0.2) is 76.9 Å². The van der Waals surface area contributed by atoms with Crippen LogP contribution >= 0.6 is 11.8 Å². The molecule has 0 spiro atoms. The van der Waals surface area contributed by atoms with Gasteiger partial charge in [0.1, 0.15) is 11.5 Å². The lowest BCUT2D eigenvalue weighted by Crippen LogP contribution is -2.19. The molecule has 0 atom stereocenters. The third-order valence-corrected chi connectivity index (χ3v) is 4.96. The fraction of sp³-hybridized carbons (Fsp3) is 0.143. The molecule has 6 nitrogen and oxygen atoms in total. The van der Waals surface area contributed by atoms with E-state index in [1.165, 1.54) is 11.8 Å². The van der Waals surface area contributed by atoms with Crippen LogP contribution in [-0.4, -0.2) is 36.7 Å². The number of ether oxygens (including phenoxy) is 2. The Bertz CT molecular complexity index is 934. The van der Waals surface area contributed by atoms with E-state index < -0.39 is 0 Å². The van der Waals surface area contributed by atoms with Crippen molar-refractivity contribution in [2.75, 3.05) is 20.0 Å². The molecule has 0 fully saturated rings. The Morgan fingerprint density at radius 3 is 2.32 bits per heavy atom. The number of methoxy groups -OCH3 is 2. The molecular weight excluding hydrogens is 374 g/mol. The van der Waals surface area contributed by atoms with E-state index in [1.807, 2.05) is 71.4 Å². The molecule has 144 valence electrons. The second-order valence-electron chi connectivity index (χ2n) is 5.76. The van der Waals surface area contributed by atoms with E-state index in [-0.39, 0.29) is 11.7 Å². The molecule has 1 heterocycles. The van der Waals surface area contributed by atoms with Crippen LogP contribution in [0.25, 0.3) is 5.69 Å². The summed E-state index contributed by atoms with van der Waals surface area (Å²) >= 11 is 1.44. The molecule has 7 heteroatoms. The van der Waals surface area contributed by atoms with Gasteiger partial charge in [0.05, 0.1) is 31.9 Å². The lowest BCUT2D eigenvalue weighted by atomic mass is 10.3. The number of hydrogen-bond donors (Lipinski definition) is 1. The van der Waals surface area contributed by atoms with Gasteiger partial charge in [-0.15, -0.1) is 11.8 Å². The normalized spacial score (nSPS) is 10.8. The van der Waals surface area contributed by atoms with Crippen LogP contribution in [0.2, 0.25) is 0 Å². The molecule has 1 amide bonds. The topological polar surface area (TPSA) is 64.8 Å². The van der Waals surface area contributed by atoms with Gasteiger partial charge in [-0.3, -0.25) is 4.79 Å². The Morgan fingerprint density at radius 1 is 1.04 bits per heavy atom. The van der Waals surface area contributed by atoms with E-state index in [9.17, 15) is 4.79 Å². The largest absolute Gasteiger partial charge is 0.497 e. The number of nitrogens with zero attached hydrogens (tertiary/aromatic N) is 2. The average Bonchev–Trinajstić information content (AvgIpc) is 3.21. The maximum atomic E-state index is 12.0. The Morgan fingerprint density at radius 2 is 1.68 bits per heavy atom. The average molecular weight is 395 g/mol. The summed E-state index contributed by atoms with van der Waals surface area (Å²) < 4.78 is 12.3. The van der Waals surface area contributed by atoms with Crippen molar-refractivity contribution in [2.24, 2.45) is 5.10 Å². The predicted octanol–water partition coefficient (Wildman–Crippen LogP) is 3.74. The number of aromatic nitrogens is 1. The van der Waals surface area contributed by atoms with Crippen LogP contribution in [0, 0.1) is 0 Å². The number of rotatable bonds is 8. The van der Waals surface area contributed by atoms with Gasteiger partial charge in [0, 0.05) is 16.8 Å². The van der Waals surface area contributed by atoms with Crippen LogP contribution in [0.3, 0.4) is 0 Å². The fourth-order valence-corrected chi connectivity index (χ4v) is 3.19. The quantitative estimate of drug-likeness (QED) is 0.359. The summed E-state index contributed by atoms with van der Waals surface area (Å²) in [5.41, 5.74) is 4.40. The molecule has 1 aromatic heterocycles. The first-order chi connectivity index (χ1) is 13.7. The van der Waals surface area contributed by atoms with Gasteiger partial charge >= 0.3 is 0 Å². The molecule has 0 saturated carbocycles. The zero-order chi connectivity index (χ0) is 19.8. The third kappa shape index (κ3) is 5.17. The Kier molecular flexibility index (Phi) is 6.75. The number of amides is 1. The van der Waals surface area contributed by atoms with E-state index in [0.29, 0.717) is 0 Å². The van der Waals surface area contributed by atoms with Gasteiger partial charge in [-0.25, -0.2) is 5.43 Å². The first-order valence-corrected chi connectivity index (χ1v) is 9.58. The highest BCUT2D eigenvalue weighted by Crippen LogP contribution is 2.21. The van der Waals surface area contributed by atoms with Crippen molar-refractivity contribution < 1.29 is 14.3 Å². The van der Waals surface area contributed by atoms with Crippen LogP contribution in [0.4, 0.5) is 0 Å². The number of carbonyl (C=O) groups is 1. The molecule has 0 bridgehead atoms. The molecule has 1 N–H and O–H groups in total. The molecule has 0 aliphatic carbocycles. The molecule has 28 heavy (non-hydrogen) atoms. The lowest BCUT2D eigenvalue weighted by Gasteiger charge is -2.07. The second kappa shape index (κ2) is 9.66. The monoisotopic (exact) mass is 395 g/mol. The molecule has 0 saturated heterocycles. The summed E-state index contributed by atoms with van der Waals surface area (Å²) in [6.45, 7) is 0. The molecule has 0 aliphatic heterocycles. The summed E-state index contributed by atoms with van der Waals surface area (Å²) in [6.07, 6.45) is 3.56. The predicted molar refractivity (Wildman–Crippen MR) is 112 cm³/mol. The summed E-state index contributed by atoms with van der Waals surface area (Å²) in [5, 5.41) is 4.07. The van der Waals surface area contributed by atoms with E-state index in [2.05, 4.69) is 10.5 Å². The van der Waals surface area contributed by atoms with Gasteiger partial charge in [-0.2, -0.15) is 5.10 Å². The fourth-order valence-electron chi connectivity index (χ4n) is 2.50. The minimum absolute atomic E-state index is 0.167. The minimum atomic E-state index is -0.167. The van der Waals surface area contributed by atoms with Gasteiger partial charge in [-0.1, -0.05) is 0 Å². The van der Waals surface area contributed by atoms with Gasteiger partial charge in [-0.05, 0) is 60.7 Å². The number of carbonyl (C=O) groups excluding carboxylic acids is 1. The summed E-state index contributed by atoms with van der Waals surface area (Å²) in [7, 11) is 3.26. The second-order valence-corrected chi connectivity index (χ2v) is 6.81. The zero-order valence-electron chi connectivity index (χ0n) is 15.7. The molecule has 0 unspecified atom stereocenters. The lowest BCUT2D eigenvalue weighted by molar-refractivity contribution is -0.118. The van der Waals surface area contributed by atoms with Crippen molar-refractivity contribution in [1.29, 1.82) is 0 Å². The number of thioether (sulfide) groups is 1. The highest BCUT2D eigenvalue weighted by Gasteiger charge is 2.04. The van der Waals surface area contributed by atoms with Gasteiger partial charge in [0.15, 0.2) is 0 Å². The van der Waals surface area contributed by atoms with Crippen LogP contribution < -0.4 is 14.9 Å². The summed E-state index contributed by atoms with van der Waals surface area (Å²) in [5.74, 6) is 1.70. The first kappa shape index (κ1) is 19.6. The Hall–Kier alpha value is -3.19. The number of hydrogen-bond acceptors (Lipinski definition) is 5. The van der Waals surface area contributed by atoms with E-state index >= 15 is 0 Å². The van der Waals surface area contributed by atoms with Gasteiger partial charge in [0.25, 0.3) is 0 Å². The Balaban J connectivity index is 1.54. The molecule has 0 radical (unpaired) electrons.